The number of amides is 1. The van der Waals surface area contributed by atoms with Crippen molar-refractivity contribution in [2.24, 2.45) is 0 Å². The van der Waals surface area contributed by atoms with Gasteiger partial charge in [-0.1, -0.05) is 6.07 Å². The summed E-state index contributed by atoms with van der Waals surface area (Å²) in [6.07, 6.45) is 5.16. The molecule has 0 saturated heterocycles. The van der Waals surface area contributed by atoms with E-state index in [-0.39, 0.29) is 5.91 Å². The second-order valence-corrected chi connectivity index (χ2v) is 6.09. The number of carbonyl (C=O) groups excluding carboxylic acids is 1. The van der Waals surface area contributed by atoms with Crippen molar-refractivity contribution >= 4 is 17.2 Å². The van der Waals surface area contributed by atoms with Gasteiger partial charge in [-0.15, -0.1) is 11.3 Å². The highest BCUT2D eigenvalue weighted by atomic mass is 32.1. The number of likely N-dealkylation sites (N-methyl/N-ethyl adjacent to an activating group) is 1. The Labute approximate surface area is 113 Å². The van der Waals surface area contributed by atoms with Crippen molar-refractivity contribution in [3.8, 4) is 0 Å². The SMILES string of the molecule is CNC1CCC(N(C)C(=O)Cc2cccs2)CC1. The van der Waals surface area contributed by atoms with Gasteiger partial charge in [0.25, 0.3) is 0 Å². The summed E-state index contributed by atoms with van der Waals surface area (Å²) in [6.45, 7) is 0. The Bertz CT molecular complexity index is 369. The van der Waals surface area contributed by atoms with Gasteiger partial charge in [0.05, 0.1) is 6.42 Å². The van der Waals surface area contributed by atoms with E-state index in [0.29, 0.717) is 18.5 Å². The quantitative estimate of drug-likeness (QED) is 0.907. The minimum atomic E-state index is 0.255. The van der Waals surface area contributed by atoms with Gasteiger partial charge in [0.2, 0.25) is 5.91 Å². The van der Waals surface area contributed by atoms with Gasteiger partial charge in [-0.3, -0.25) is 4.79 Å². The lowest BCUT2D eigenvalue weighted by atomic mass is 9.90. The first-order valence-electron chi connectivity index (χ1n) is 6.66. The number of nitrogens with one attached hydrogen (secondary N) is 1. The number of thiophene rings is 1. The molecule has 18 heavy (non-hydrogen) atoms. The Morgan fingerprint density at radius 3 is 2.72 bits per heavy atom. The minimum Gasteiger partial charge on any atom is -0.342 e. The molecule has 0 radical (unpaired) electrons. The Morgan fingerprint density at radius 2 is 2.17 bits per heavy atom. The van der Waals surface area contributed by atoms with Gasteiger partial charge in [-0.25, -0.2) is 0 Å². The monoisotopic (exact) mass is 266 g/mol. The Hall–Kier alpha value is -0.870. The van der Waals surface area contributed by atoms with Crippen LogP contribution in [0.15, 0.2) is 17.5 Å². The first-order chi connectivity index (χ1) is 8.70. The fraction of sp³-hybridized carbons (Fsp3) is 0.643. The summed E-state index contributed by atoms with van der Waals surface area (Å²) in [5.74, 6) is 0.255. The van der Waals surface area contributed by atoms with Crippen molar-refractivity contribution in [2.75, 3.05) is 14.1 Å². The molecular formula is C14H22N2OS. The molecule has 4 heteroatoms. The molecule has 0 aromatic carbocycles. The lowest BCUT2D eigenvalue weighted by Crippen LogP contribution is -2.43. The van der Waals surface area contributed by atoms with Crippen LogP contribution < -0.4 is 5.32 Å². The largest absolute Gasteiger partial charge is 0.342 e. The molecule has 3 nitrogen and oxygen atoms in total. The van der Waals surface area contributed by atoms with Crippen molar-refractivity contribution in [1.29, 1.82) is 0 Å². The van der Waals surface area contributed by atoms with Gasteiger partial charge in [0, 0.05) is 24.0 Å². The number of carbonyl (C=O) groups is 1. The van der Waals surface area contributed by atoms with Crippen LogP contribution >= 0.6 is 11.3 Å². The van der Waals surface area contributed by atoms with E-state index >= 15 is 0 Å². The summed E-state index contributed by atoms with van der Waals surface area (Å²) in [7, 11) is 3.98. The average molecular weight is 266 g/mol. The molecule has 1 aromatic heterocycles. The van der Waals surface area contributed by atoms with Crippen molar-refractivity contribution in [1.82, 2.24) is 10.2 Å². The highest BCUT2D eigenvalue weighted by Crippen LogP contribution is 2.23. The molecule has 0 spiro atoms. The van der Waals surface area contributed by atoms with Gasteiger partial charge in [-0.05, 0) is 44.2 Å². The average Bonchev–Trinajstić information content (AvgIpc) is 2.91. The van der Waals surface area contributed by atoms with Crippen LogP contribution in [0.1, 0.15) is 30.6 Å². The van der Waals surface area contributed by atoms with Crippen LogP contribution in [-0.4, -0.2) is 37.0 Å². The fourth-order valence-corrected chi connectivity index (χ4v) is 3.34. The molecule has 1 heterocycles. The third-order valence-corrected chi connectivity index (χ3v) is 4.83. The number of hydrogen-bond donors (Lipinski definition) is 1. The van der Waals surface area contributed by atoms with E-state index in [1.165, 1.54) is 12.8 Å². The van der Waals surface area contributed by atoms with Gasteiger partial charge in [-0.2, -0.15) is 0 Å². The summed E-state index contributed by atoms with van der Waals surface area (Å²) >= 11 is 1.66. The van der Waals surface area contributed by atoms with E-state index in [1.54, 1.807) is 11.3 Å². The molecule has 0 bridgehead atoms. The predicted molar refractivity (Wildman–Crippen MR) is 75.9 cm³/mol. The van der Waals surface area contributed by atoms with Crippen molar-refractivity contribution in [2.45, 2.75) is 44.2 Å². The fourth-order valence-electron chi connectivity index (χ4n) is 2.64. The first-order valence-corrected chi connectivity index (χ1v) is 7.54. The molecule has 1 aliphatic rings. The third-order valence-electron chi connectivity index (χ3n) is 3.95. The molecule has 0 atom stereocenters. The van der Waals surface area contributed by atoms with Crippen LogP contribution in [-0.2, 0) is 11.2 Å². The van der Waals surface area contributed by atoms with E-state index < -0.39 is 0 Å². The smallest absolute Gasteiger partial charge is 0.227 e. The Balaban J connectivity index is 1.83. The summed E-state index contributed by atoms with van der Waals surface area (Å²) < 4.78 is 0. The van der Waals surface area contributed by atoms with Gasteiger partial charge in [0.1, 0.15) is 0 Å². The van der Waals surface area contributed by atoms with Crippen LogP contribution in [0.5, 0.6) is 0 Å². The van der Waals surface area contributed by atoms with Crippen molar-refractivity contribution in [3.63, 3.8) is 0 Å². The van der Waals surface area contributed by atoms with Gasteiger partial charge < -0.3 is 10.2 Å². The number of nitrogens with zero attached hydrogens (tertiary/aromatic N) is 1. The van der Waals surface area contributed by atoms with Crippen LogP contribution in [0.2, 0.25) is 0 Å². The Kier molecular flexibility index (Phi) is 4.78. The van der Waals surface area contributed by atoms with E-state index in [2.05, 4.69) is 5.32 Å². The maximum Gasteiger partial charge on any atom is 0.227 e. The molecule has 1 aliphatic carbocycles. The molecule has 1 N–H and O–H groups in total. The van der Waals surface area contributed by atoms with Crippen molar-refractivity contribution in [3.05, 3.63) is 22.4 Å². The maximum absolute atomic E-state index is 12.2. The predicted octanol–water partition coefficient (Wildman–Crippen LogP) is 2.28. The topological polar surface area (TPSA) is 32.3 Å². The summed E-state index contributed by atoms with van der Waals surface area (Å²) in [4.78, 5) is 15.3. The highest BCUT2D eigenvalue weighted by Gasteiger charge is 2.25. The summed E-state index contributed by atoms with van der Waals surface area (Å²) in [5, 5.41) is 5.36. The first kappa shape index (κ1) is 13.6. The van der Waals surface area contributed by atoms with Crippen LogP contribution in [0.25, 0.3) is 0 Å². The van der Waals surface area contributed by atoms with Crippen LogP contribution in [0.3, 0.4) is 0 Å². The zero-order valence-corrected chi connectivity index (χ0v) is 12.0. The highest BCUT2D eigenvalue weighted by molar-refractivity contribution is 7.10. The molecule has 1 amide bonds. The molecule has 2 rings (SSSR count). The molecular weight excluding hydrogens is 244 g/mol. The lowest BCUT2D eigenvalue weighted by Gasteiger charge is -2.34. The normalized spacial score (nSPS) is 23.9. The second kappa shape index (κ2) is 6.34. The van der Waals surface area contributed by atoms with Crippen LogP contribution in [0.4, 0.5) is 0 Å². The van der Waals surface area contributed by atoms with E-state index in [0.717, 1.165) is 17.7 Å². The summed E-state index contributed by atoms with van der Waals surface area (Å²) in [5.41, 5.74) is 0. The van der Waals surface area contributed by atoms with E-state index in [4.69, 9.17) is 0 Å². The van der Waals surface area contributed by atoms with E-state index in [9.17, 15) is 4.79 Å². The lowest BCUT2D eigenvalue weighted by molar-refractivity contribution is -0.131. The van der Waals surface area contributed by atoms with Crippen LogP contribution in [0, 0.1) is 0 Å². The zero-order chi connectivity index (χ0) is 13.0. The van der Waals surface area contributed by atoms with Gasteiger partial charge in [0.15, 0.2) is 0 Å². The Morgan fingerprint density at radius 1 is 1.44 bits per heavy atom. The number of hydrogen-bond acceptors (Lipinski definition) is 3. The van der Waals surface area contributed by atoms with Crippen molar-refractivity contribution < 1.29 is 4.79 Å². The maximum atomic E-state index is 12.2. The standard InChI is InChI=1S/C14H22N2OS/c1-15-11-5-7-12(8-6-11)16(2)14(17)10-13-4-3-9-18-13/h3-4,9,11-12,15H,5-8,10H2,1-2H3. The molecule has 1 aromatic rings. The second-order valence-electron chi connectivity index (χ2n) is 5.05. The third kappa shape index (κ3) is 3.33. The van der Waals surface area contributed by atoms with E-state index in [1.807, 2.05) is 36.5 Å². The molecule has 0 aliphatic heterocycles. The molecule has 1 saturated carbocycles. The molecule has 1 fully saturated rings. The zero-order valence-electron chi connectivity index (χ0n) is 11.2. The molecule has 0 unspecified atom stereocenters. The van der Waals surface area contributed by atoms with Gasteiger partial charge >= 0.3 is 0 Å². The molecule has 100 valence electrons. The minimum absolute atomic E-state index is 0.255. The number of rotatable bonds is 4. The summed E-state index contributed by atoms with van der Waals surface area (Å²) in [6, 6.07) is 5.11.